The van der Waals surface area contributed by atoms with Crippen molar-refractivity contribution in [2.45, 2.75) is 13.0 Å². The van der Waals surface area contributed by atoms with Gasteiger partial charge in [0.15, 0.2) is 0 Å². The van der Waals surface area contributed by atoms with Crippen LogP contribution in [0.3, 0.4) is 0 Å². The summed E-state index contributed by atoms with van der Waals surface area (Å²) in [5.74, 6) is 0. The van der Waals surface area contributed by atoms with Gasteiger partial charge in [-0.2, -0.15) is 0 Å². The van der Waals surface area contributed by atoms with Crippen molar-refractivity contribution in [2.75, 3.05) is 20.1 Å². The molecule has 0 heterocycles. The topological polar surface area (TPSA) is 29.3 Å². The van der Waals surface area contributed by atoms with Gasteiger partial charge >= 0.3 is 0 Å². The van der Waals surface area contributed by atoms with E-state index in [9.17, 15) is 0 Å². The average molecular weight is 128 g/mol. The molecule has 0 saturated heterocycles. The van der Waals surface area contributed by atoms with Gasteiger partial charge in [0.2, 0.25) is 0 Å². The van der Waals surface area contributed by atoms with Crippen molar-refractivity contribution in [1.82, 2.24) is 4.90 Å². The third-order valence-electron chi connectivity index (χ3n) is 1.51. The minimum absolute atomic E-state index is 0.461. The molecule has 9 heavy (non-hydrogen) atoms. The Bertz CT molecular complexity index is 81.0. The SMILES string of the molecule is C=CCN(C)C(C)CN. The summed E-state index contributed by atoms with van der Waals surface area (Å²) < 4.78 is 0. The van der Waals surface area contributed by atoms with E-state index in [2.05, 4.69) is 18.4 Å². The molecule has 2 N–H and O–H groups in total. The van der Waals surface area contributed by atoms with Gasteiger partial charge in [0.25, 0.3) is 0 Å². The highest BCUT2D eigenvalue weighted by molar-refractivity contribution is 4.74. The zero-order valence-electron chi connectivity index (χ0n) is 6.30. The maximum absolute atomic E-state index is 5.43. The Morgan fingerprint density at radius 3 is 2.67 bits per heavy atom. The van der Waals surface area contributed by atoms with Crippen molar-refractivity contribution in [1.29, 1.82) is 0 Å². The molecule has 0 amide bonds. The molecule has 0 bridgehead atoms. The third-order valence-corrected chi connectivity index (χ3v) is 1.51. The Hall–Kier alpha value is -0.340. The standard InChI is InChI=1S/C7H16N2/c1-4-5-9(3)7(2)6-8/h4,7H,1,5-6,8H2,2-3H3. The maximum atomic E-state index is 5.43. The molecule has 1 atom stereocenters. The number of nitrogens with zero attached hydrogens (tertiary/aromatic N) is 1. The van der Waals surface area contributed by atoms with Crippen molar-refractivity contribution in [3.8, 4) is 0 Å². The first-order valence-electron chi connectivity index (χ1n) is 3.23. The van der Waals surface area contributed by atoms with Gasteiger partial charge < -0.3 is 5.73 Å². The zero-order chi connectivity index (χ0) is 7.28. The van der Waals surface area contributed by atoms with Crippen molar-refractivity contribution in [3.63, 3.8) is 0 Å². The van der Waals surface area contributed by atoms with Gasteiger partial charge in [-0.05, 0) is 14.0 Å². The number of likely N-dealkylation sites (N-methyl/N-ethyl adjacent to an activating group) is 1. The molecular weight excluding hydrogens is 112 g/mol. The Labute approximate surface area is 57.3 Å². The first-order valence-corrected chi connectivity index (χ1v) is 3.23. The van der Waals surface area contributed by atoms with Crippen molar-refractivity contribution in [3.05, 3.63) is 12.7 Å². The Morgan fingerprint density at radius 2 is 2.33 bits per heavy atom. The quantitative estimate of drug-likeness (QED) is 0.557. The first kappa shape index (κ1) is 8.66. The number of hydrogen-bond acceptors (Lipinski definition) is 2. The lowest BCUT2D eigenvalue weighted by atomic mass is 10.3. The van der Waals surface area contributed by atoms with E-state index in [1.807, 2.05) is 13.1 Å². The van der Waals surface area contributed by atoms with E-state index in [1.165, 1.54) is 0 Å². The smallest absolute Gasteiger partial charge is 0.0190 e. The number of nitrogens with two attached hydrogens (primary N) is 1. The molecule has 0 aromatic rings. The molecule has 0 spiro atoms. The maximum Gasteiger partial charge on any atom is 0.0190 e. The first-order chi connectivity index (χ1) is 4.22. The van der Waals surface area contributed by atoms with Crippen LogP contribution in [-0.2, 0) is 0 Å². The van der Waals surface area contributed by atoms with E-state index < -0.39 is 0 Å². The molecule has 54 valence electrons. The van der Waals surface area contributed by atoms with Crippen LogP contribution >= 0.6 is 0 Å². The van der Waals surface area contributed by atoms with Gasteiger partial charge in [0.1, 0.15) is 0 Å². The summed E-state index contributed by atoms with van der Waals surface area (Å²) in [5, 5.41) is 0. The van der Waals surface area contributed by atoms with E-state index in [0.717, 1.165) is 6.54 Å². The fraction of sp³-hybridized carbons (Fsp3) is 0.714. The van der Waals surface area contributed by atoms with Crippen LogP contribution in [0, 0.1) is 0 Å². The molecule has 0 aromatic carbocycles. The summed E-state index contributed by atoms with van der Waals surface area (Å²) >= 11 is 0. The van der Waals surface area contributed by atoms with E-state index in [4.69, 9.17) is 5.73 Å². The Balaban J connectivity index is 3.44. The van der Waals surface area contributed by atoms with E-state index in [0.29, 0.717) is 12.6 Å². The van der Waals surface area contributed by atoms with Crippen LogP contribution < -0.4 is 5.73 Å². The summed E-state index contributed by atoms with van der Waals surface area (Å²) in [4.78, 5) is 2.16. The Kier molecular flexibility index (Phi) is 4.36. The predicted octanol–water partition coefficient (Wildman–Crippen LogP) is 0.451. The summed E-state index contributed by atoms with van der Waals surface area (Å²) in [6, 6.07) is 0.461. The molecule has 2 nitrogen and oxygen atoms in total. The zero-order valence-corrected chi connectivity index (χ0v) is 6.30. The molecular formula is C7H16N2. The minimum Gasteiger partial charge on any atom is -0.329 e. The largest absolute Gasteiger partial charge is 0.329 e. The van der Waals surface area contributed by atoms with Crippen LogP contribution in [0.2, 0.25) is 0 Å². The molecule has 0 aliphatic carbocycles. The van der Waals surface area contributed by atoms with Crippen molar-refractivity contribution >= 4 is 0 Å². The number of rotatable bonds is 4. The third kappa shape index (κ3) is 3.27. The molecule has 0 saturated carbocycles. The summed E-state index contributed by atoms with van der Waals surface area (Å²) in [6.07, 6.45) is 1.88. The van der Waals surface area contributed by atoms with Crippen LogP contribution in [0.15, 0.2) is 12.7 Å². The van der Waals surface area contributed by atoms with Crippen LogP contribution in [0.4, 0.5) is 0 Å². The number of hydrogen-bond donors (Lipinski definition) is 1. The van der Waals surface area contributed by atoms with Gasteiger partial charge in [-0.1, -0.05) is 6.08 Å². The lowest BCUT2D eigenvalue weighted by Gasteiger charge is -2.20. The van der Waals surface area contributed by atoms with Gasteiger partial charge in [-0.3, -0.25) is 4.90 Å². The van der Waals surface area contributed by atoms with Gasteiger partial charge in [-0.25, -0.2) is 0 Å². The van der Waals surface area contributed by atoms with Crippen LogP contribution in [0.25, 0.3) is 0 Å². The molecule has 0 fully saturated rings. The van der Waals surface area contributed by atoms with Crippen LogP contribution in [-0.4, -0.2) is 31.1 Å². The molecule has 0 aromatic heterocycles. The fourth-order valence-corrected chi connectivity index (χ4v) is 0.564. The van der Waals surface area contributed by atoms with Gasteiger partial charge in [0.05, 0.1) is 0 Å². The highest BCUT2D eigenvalue weighted by atomic mass is 15.1. The van der Waals surface area contributed by atoms with E-state index in [1.54, 1.807) is 0 Å². The lowest BCUT2D eigenvalue weighted by Crippen LogP contribution is -2.35. The molecule has 0 aliphatic rings. The van der Waals surface area contributed by atoms with Crippen molar-refractivity contribution < 1.29 is 0 Å². The highest BCUT2D eigenvalue weighted by Gasteiger charge is 2.02. The average Bonchev–Trinajstić information content (AvgIpc) is 1.87. The van der Waals surface area contributed by atoms with Crippen LogP contribution in [0.5, 0.6) is 0 Å². The highest BCUT2D eigenvalue weighted by Crippen LogP contribution is 1.90. The summed E-state index contributed by atoms with van der Waals surface area (Å²) in [5.41, 5.74) is 5.43. The summed E-state index contributed by atoms with van der Waals surface area (Å²) in [7, 11) is 2.04. The molecule has 0 aliphatic heterocycles. The van der Waals surface area contributed by atoms with E-state index >= 15 is 0 Å². The van der Waals surface area contributed by atoms with Gasteiger partial charge in [0, 0.05) is 19.1 Å². The Morgan fingerprint density at radius 1 is 1.78 bits per heavy atom. The second-order valence-corrected chi connectivity index (χ2v) is 2.31. The second kappa shape index (κ2) is 4.53. The molecule has 2 heteroatoms. The minimum atomic E-state index is 0.461. The van der Waals surface area contributed by atoms with Crippen LogP contribution in [0.1, 0.15) is 6.92 Å². The van der Waals surface area contributed by atoms with Gasteiger partial charge in [-0.15, -0.1) is 6.58 Å². The molecule has 0 rings (SSSR count). The molecule has 0 radical (unpaired) electrons. The van der Waals surface area contributed by atoms with Crippen molar-refractivity contribution in [2.24, 2.45) is 5.73 Å². The normalized spacial score (nSPS) is 13.8. The lowest BCUT2D eigenvalue weighted by molar-refractivity contribution is 0.290. The summed E-state index contributed by atoms with van der Waals surface area (Å²) in [6.45, 7) is 7.36. The fourth-order valence-electron chi connectivity index (χ4n) is 0.564. The second-order valence-electron chi connectivity index (χ2n) is 2.31. The molecule has 1 unspecified atom stereocenters. The monoisotopic (exact) mass is 128 g/mol. The predicted molar refractivity (Wildman–Crippen MR) is 41.3 cm³/mol. The van der Waals surface area contributed by atoms with E-state index in [-0.39, 0.29) is 0 Å².